The van der Waals surface area contributed by atoms with Gasteiger partial charge in [-0.05, 0) is 56.2 Å². The number of carbonyl (C=O) groups excluding carboxylic acids is 5. The molecule has 2 N–H and O–H groups in total. The monoisotopic (exact) mass is 658 g/mol. The molecule has 4 fully saturated rings. The first-order valence-electron chi connectivity index (χ1n) is 17.3. The van der Waals surface area contributed by atoms with E-state index in [0.29, 0.717) is 17.9 Å². The predicted molar refractivity (Wildman–Crippen MR) is 180 cm³/mol. The number of amides is 4. The minimum atomic E-state index is -0.750. The lowest BCUT2D eigenvalue weighted by molar-refractivity contribution is -0.136. The number of aromatic nitrogens is 2. The molecule has 48 heavy (non-hydrogen) atoms. The molecule has 1 atom stereocenters. The van der Waals surface area contributed by atoms with E-state index in [4.69, 9.17) is 0 Å². The van der Waals surface area contributed by atoms with Crippen molar-refractivity contribution in [2.24, 2.45) is 5.92 Å². The van der Waals surface area contributed by atoms with Gasteiger partial charge in [-0.15, -0.1) is 0 Å². The van der Waals surface area contributed by atoms with Crippen LogP contribution in [0.4, 0.5) is 11.5 Å². The maximum Gasteiger partial charge on any atom is 0.271 e. The Kier molecular flexibility index (Phi) is 10.6. The second kappa shape index (κ2) is 15.2. The number of rotatable bonds is 9. The first-order valence-corrected chi connectivity index (χ1v) is 17.3. The van der Waals surface area contributed by atoms with Crippen LogP contribution >= 0.6 is 0 Å². The SMILES string of the molecule is CN(C(=O)c1ccc(N2CCN(CC3CCN(c4cnc(C(=O)NC5CCCCC5)cn4)CC3)CC2)cc1C=O)C1CCC(=O)NC1=O. The lowest BCUT2D eigenvalue weighted by atomic mass is 9.95. The number of carbonyl (C=O) groups is 5. The number of piperidine rings is 2. The van der Waals surface area contributed by atoms with Gasteiger partial charge in [0.25, 0.3) is 11.8 Å². The van der Waals surface area contributed by atoms with Crippen LogP contribution in [0.2, 0.25) is 0 Å². The van der Waals surface area contributed by atoms with Crippen molar-refractivity contribution in [1.82, 2.24) is 30.4 Å². The highest BCUT2D eigenvalue weighted by molar-refractivity contribution is 6.06. The van der Waals surface area contributed by atoms with Gasteiger partial charge in [-0.25, -0.2) is 9.97 Å². The molecule has 6 rings (SSSR count). The average Bonchev–Trinajstić information content (AvgIpc) is 3.12. The molecule has 13 heteroatoms. The maximum atomic E-state index is 13.2. The van der Waals surface area contributed by atoms with Crippen LogP contribution in [-0.4, -0.2) is 115 Å². The average molecular weight is 659 g/mol. The molecule has 3 aliphatic heterocycles. The van der Waals surface area contributed by atoms with Crippen molar-refractivity contribution < 1.29 is 24.0 Å². The Hall–Kier alpha value is -4.39. The molecule has 4 aliphatic rings. The van der Waals surface area contributed by atoms with Gasteiger partial charge in [0.2, 0.25) is 11.8 Å². The highest BCUT2D eigenvalue weighted by Crippen LogP contribution is 2.26. The Morgan fingerprint density at radius 2 is 1.69 bits per heavy atom. The Labute approximate surface area is 281 Å². The van der Waals surface area contributed by atoms with Crippen molar-refractivity contribution in [3.05, 3.63) is 47.4 Å². The van der Waals surface area contributed by atoms with Crippen LogP contribution in [0.1, 0.15) is 89.0 Å². The van der Waals surface area contributed by atoms with Gasteiger partial charge in [0.05, 0.1) is 18.0 Å². The Morgan fingerprint density at radius 3 is 2.35 bits per heavy atom. The predicted octanol–water partition coefficient (Wildman–Crippen LogP) is 2.27. The molecule has 1 unspecified atom stereocenters. The van der Waals surface area contributed by atoms with Gasteiger partial charge in [0.1, 0.15) is 17.6 Å². The molecule has 2 aromatic rings. The highest BCUT2D eigenvalue weighted by Gasteiger charge is 2.33. The number of imide groups is 1. The van der Waals surface area contributed by atoms with Crippen molar-refractivity contribution in [3.8, 4) is 0 Å². The highest BCUT2D eigenvalue weighted by atomic mass is 16.2. The number of hydrogen-bond acceptors (Lipinski definition) is 10. The zero-order valence-corrected chi connectivity index (χ0v) is 27.7. The number of benzene rings is 1. The fourth-order valence-electron chi connectivity index (χ4n) is 7.43. The van der Waals surface area contributed by atoms with E-state index >= 15 is 0 Å². The first kappa shape index (κ1) is 33.5. The van der Waals surface area contributed by atoms with Crippen molar-refractivity contribution in [1.29, 1.82) is 0 Å². The molecule has 4 heterocycles. The maximum absolute atomic E-state index is 13.2. The fraction of sp³-hybridized carbons (Fsp3) is 0.571. The standard InChI is InChI=1S/C35H46N8O5/c1-40(30-9-10-32(45)39-34(30)47)35(48)28-8-7-27(19-25(28)23-44)42-17-15-41(16-18-42)22-24-11-13-43(14-12-24)31-21-36-29(20-37-31)33(46)38-26-5-3-2-4-6-26/h7-8,19-21,23-24,26,30H,2-6,9-18,22H2,1H3,(H,38,46)(H,39,45,47). The van der Waals surface area contributed by atoms with Crippen LogP contribution in [-0.2, 0) is 9.59 Å². The molecule has 0 radical (unpaired) electrons. The van der Waals surface area contributed by atoms with Crippen LogP contribution in [0, 0.1) is 5.92 Å². The summed E-state index contributed by atoms with van der Waals surface area (Å²) < 4.78 is 0. The second-order valence-electron chi connectivity index (χ2n) is 13.6. The number of anilines is 2. The fourth-order valence-corrected chi connectivity index (χ4v) is 7.43. The summed E-state index contributed by atoms with van der Waals surface area (Å²) in [5.74, 6) is 0.0216. The van der Waals surface area contributed by atoms with Gasteiger partial charge in [0, 0.05) is 76.6 Å². The zero-order valence-electron chi connectivity index (χ0n) is 27.7. The third-order valence-electron chi connectivity index (χ3n) is 10.4. The molecule has 3 saturated heterocycles. The number of nitrogens with one attached hydrogen (secondary N) is 2. The summed E-state index contributed by atoms with van der Waals surface area (Å²) in [5, 5.41) is 5.39. The van der Waals surface area contributed by atoms with E-state index in [2.05, 4.69) is 35.3 Å². The van der Waals surface area contributed by atoms with E-state index in [-0.39, 0.29) is 41.8 Å². The minimum Gasteiger partial charge on any atom is -0.369 e. The molecule has 0 spiro atoms. The van der Waals surface area contributed by atoms with E-state index in [1.807, 2.05) is 6.07 Å². The van der Waals surface area contributed by atoms with Gasteiger partial charge in [0.15, 0.2) is 6.29 Å². The molecular weight excluding hydrogens is 612 g/mol. The number of nitrogens with zero attached hydrogens (tertiary/aromatic N) is 6. The van der Waals surface area contributed by atoms with Crippen LogP contribution in [0.25, 0.3) is 0 Å². The molecule has 0 bridgehead atoms. The number of piperazine rings is 1. The van der Waals surface area contributed by atoms with Gasteiger partial charge < -0.3 is 20.0 Å². The molecule has 1 saturated carbocycles. The van der Waals surface area contributed by atoms with E-state index < -0.39 is 17.9 Å². The molecule has 4 amide bonds. The summed E-state index contributed by atoms with van der Waals surface area (Å²) in [7, 11) is 1.53. The number of hydrogen-bond donors (Lipinski definition) is 2. The van der Waals surface area contributed by atoms with Crippen LogP contribution < -0.4 is 20.4 Å². The molecule has 256 valence electrons. The second-order valence-corrected chi connectivity index (χ2v) is 13.6. The zero-order chi connectivity index (χ0) is 33.6. The number of likely N-dealkylation sites (N-methyl/N-ethyl adjacent to an activating group) is 1. The smallest absolute Gasteiger partial charge is 0.271 e. The van der Waals surface area contributed by atoms with Crippen molar-refractivity contribution in [2.75, 3.05) is 62.7 Å². The topological polar surface area (TPSA) is 148 Å². The minimum absolute atomic E-state index is 0.133. The van der Waals surface area contributed by atoms with Crippen LogP contribution in [0.5, 0.6) is 0 Å². The third kappa shape index (κ3) is 7.83. The molecule has 13 nitrogen and oxygen atoms in total. The lowest BCUT2D eigenvalue weighted by Gasteiger charge is -2.40. The van der Waals surface area contributed by atoms with E-state index in [0.717, 1.165) is 83.0 Å². The third-order valence-corrected chi connectivity index (χ3v) is 10.4. The Morgan fingerprint density at radius 1 is 0.938 bits per heavy atom. The normalized spacial score (nSPS) is 21.5. The lowest BCUT2D eigenvalue weighted by Crippen LogP contribution is -2.53. The summed E-state index contributed by atoms with van der Waals surface area (Å²) in [6.07, 6.45) is 12.2. The summed E-state index contributed by atoms with van der Waals surface area (Å²) in [6, 6.07) is 4.77. The van der Waals surface area contributed by atoms with E-state index in [1.54, 1.807) is 24.5 Å². The summed E-state index contributed by atoms with van der Waals surface area (Å²) >= 11 is 0. The van der Waals surface area contributed by atoms with Gasteiger partial charge in [-0.1, -0.05) is 19.3 Å². The van der Waals surface area contributed by atoms with Crippen molar-refractivity contribution >= 4 is 41.4 Å². The largest absolute Gasteiger partial charge is 0.369 e. The Balaban J connectivity index is 0.951. The summed E-state index contributed by atoms with van der Waals surface area (Å²) in [4.78, 5) is 79.0. The van der Waals surface area contributed by atoms with Crippen molar-refractivity contribution in [2.45, 2.75) is 69.9 Å². The van der Waals surface area contributed by atoms with Gasteiger partial charge >= 0.3 is 0 Å². The molecular formula is C35H46N8O5. The van der Waals surface area contributed by atoms with Gasteiger partial charge in [-0.2, -0.15) is 0 Å². The quantitative estimate of drug-likeness (QED) is 0.304. The number of aldehydes is 1. The molecule has 1 aliphatic carbocycles. The van der Waals surface area contributed by atoms with Crippen LogP contribution in [0.3, 0.4) is 0 Å². The molecule has 1 aromatic carbocycles. The summed E-state index contributed by atoms with van der Waals surface area (Å²) in [5.41, 5.74) is 1.80. The van der Waals surface area contributed by atoms with Crippen molar-refractivity contribution in [3.63, 3.8) is 0 Å². The van der Waals surface area contributed by atoms with E-state index in [1.165, 1.54) is 31.2 Å². The van der Waals surface area contributed by atoms with E-state index in [9.17, 15) is 24.0 Å². The first-order chi connectivity index (χ1) is 23.3. The summed E-state index contributed by atoms with van der Waals surface area (Å²) in [6.45, 7) is 6.30. The molecule has 1 aromatic heterocycles. The van der Waals surface area contributed by atoms with Crippen LogP contribution in [0.15, 0.2) is 30.6 Å². The Bertz CT molecular complexity index is 1490. The van der Waals surface area contributed by atoms with Gasteiger partial charge in [-0.3, -0.25) is 34.2 Å².